The second kappa shape index (κ2) is 7.89. The molecule has 7 heteroatoms. The number of nitriles is 1. The number of ether oxygens (including phenoxy) is 2. The number of fused-ring (bicyclic) bond motifs is 1. The van der Waals surface area contributed by atoms with Crippen LogP contribution in [0.5, 0.6) is 11.5 Å². The number of amides is 1. The molecule has 0 saturated heterocycles. The third-order valence-electron chi connectivity index (χ3n) is 4.34. The molecular weight excluding hydrogens is 392 g/mol. The number of benzene rings is 1. The average Bonchev–Trinajstić information content (AvgIpc) is 3.41. The summed E-state index contributed by atoms with van der Waals surface area (Å²) in [6.45, 7) is 2.15. The van der Waals surface area contributed by atoms with E-state index in [2.05, 4.69) is 11.4 Å². The fourth-order valence-electron chi connectivity index (χ4n) is 2.89. The maximum Gasteiger partial charge on any atom is 0.249 e. The number of anilines is 1. The van der Waals surface area contributed by atoms with Crippen molar-refractivity contribution in [2.24, 2.45) is 0 Å². The van der Waals surface area contributed by atoms with Gasteiger partial charge in [0.1, 0.15) is 11.1 Å². The highest BCUT2D eigenvalue weighted by atomic mass is 32.1. The Morgan fingerprint density at radius 1 is 1.32 bits per heavy atom. The molecule has 1 aliphatic rings. The molecule has 0 spiro atoms. The van der Waals surface area contributed by atoms with Gasteiger partial charge in [-0.3, -0.25) is 4.79 Å². The van der Waals surface area contributed by atoms with E-state index in [9.17, 15) is 10.1 Å². The van der Waals surface area contributed by atoms with Crippen LogP contribution < -0.4 is 14.8 Å². The Hall–Kier alpha value is -3.08. The Morgan fingerprint density at radius 3 is 2.96 bits per heavy atom. The maximum absolute atomic E-state index is 12.3. The second-order valence-electron chi connectivity index (χ2n) is 6.17. The van der Waals surface area contributed by atoms with Gasteiger partial charge in [-0.15, -0.1) is 22.7 Å². The smallest absolute Gasteiger partial charge is 0.249 e. The normalized spacial score (nSPS) is 12.3. The second-order valence-corrected chi connectivity index (χ2v) is 8.25. The standard InChI is InChI=1S/C21H16N2O3S2/c1-13-16(11-22)21(23-20(24)7-5-15-3-2-8-27-15)28-19(13)10-14-4-6-17-18(9-14)26-12-25-17/h2-9H,10,12H2,1H3,(H,23,24). The molecule has 2 aromatic heterocycles. The third-order valence-corrected chi connectivity index (χ3v) is 6.38. The summed E-state index contributed by atoms with van der Waals surface area (Å²) in [7, 11) is 0. The molecule has 0 fully saturated rings. The minimum Gasteiger partial charge on any atom is -0.454 e. The van der Waals surface area contributed by atoms with Gasteiger partial charge in [-0.1, -0.05) is 12.1 Å². The van der Waals surface area contributed by atoms with Crippen LogP contribution in [-0.4, -0.2) is 12.7 Å². The van der Waals surface area contributed by atoms with Gasteiger partial charge in [-0.05, 0) is 47.7 Å². The van der Waals surface area contributed by atoms with Gasteiger partial charge < -0.3 is 14.8 Å². The third kappa shape index (κ3) is 3.79. The first-order valence-corrected chi connectivity index (χ1v) is 10.3. The summed E-state index contributed by atoms with van der Waals surface area (Å²) in [6, 6.07) is 11.9. The number of hydrogen-bond acceptors (Lipinski definition) is 6. The van der Waals surface area contributed by atoms with E-state index in [1.54, 1.807) is 17.4 Å². The molecule has 4 rings (SSSR count). The van der Waals surface area contributed by atoms with Crippen LogP contribution in [0.4, 0.5) is 5.00 Å². The van der Waals surface area contributed by atoms with Gasteiger partial charge in [-0.2, -0.15) is 5.26 Å². The molecule has 0 bridgehead atoms. The van der Waals surface area contributed by atoms with Gasteiger partial charge >= 0.3 is 0 Å². The van der Waals surface area contributed by atoms with E-state index >= 15 is 0 Å². The summed E-state index contributed by atoms with van der Waals surface area (Å²) >= 11 is 2.99. The Morgan fingerprint density at radius 2 is 2.18 bits per heavy atom. The van der Waals surface area contributed by atoms with Crippen LogP contribution in [0, 0.1) is 18.3 Å². The molecule has 0 saturated carbocycles. The van der Waals surface area contributed by atoms with Gasteiger partial charge in [0.05, 0.1) is 5.56 Å². The Bertz CT molecular complexity index is 1090. The van der Waals surface area contributed by atoms with Crippen LogP contribution in [0.15, 0.2) is 41.8 Å². The van der Waals surface area contributed by atoms with Crippen LogP contribution >= 0.6 is 22.7 Å². The predicted octanol–water partition coefficient (Wildman–Crippen LogP) is 4.96. The summed E-state index contributed by atoms with van der Waals surface area (Å²) in [5.41, 5.74) is 2.47. The highest BCUT2D eigenvalue weighted by Gasteiger charge is 2.18. The molecule has 28 heavy (non-hydrogen) atoms. The highest BCUT2D eigenvalue weighted by molar-refractivity contribution is 7.16. The summed E-state index contributed by atoms with van der Waals surface area (Å²) in [6.07, 6.45) is 3.91. The maximum atomic E-state index is 12.3. The van der Waals surface area contributed by atoms with E-state index in [1.807, 2.05) is 42.6 Å². The van der Waals surface area contributed by atoms with Crippen LogP contribution in [0.1, 0.15) is 26.4 Å². The van der Waals surface area contributed by atoms with Gasteiger partial charge in [0.25, 0.3) is 0 Å². The van der Waals surface area contributed by atoms with Crippen LogP contribution in [-0.2, 0) is 11.2 Å². The average molecular weight is 409 g/mol. The molecule has 3 aromatic rings. The van der Waals surface area contributed by atoms with Crippen molar-refractivity contribution >= 4 is 39.7 Å². The first-order chi connectivity index (χ1) is 13.6. The van der Waals surface area contributed by atoms with E-state index < -0.39 is 0 Å². The van der Waals surface area contributed by atoms with Crippen LogP contribution in [0.3, 0.4) is 0 Å². The molecule has 1 aromatic carbocycles. The first-order valence-electron chi connectivity index (χ1n) is 8.57. The number of nitrogens with one attached hydrogen (secondary N) is 1. The van der Waals surface area contributed by atoms with Gasteiger partial charge in [0, 0.05) is 22.3 Å². The minimum absolute atomic E-state index is 0.241. The summed E-state index contributed by atoms with van der Waals surface area (Å²) < 4.78 is 10.8. The molecular formula is C21H16N2O3S2. The van der Waals surface area contributed by atoms with Crippen molar-refractivity contribution < 1.29 is 14.3 Å². The molecule has 3 heterocycles. The van der Waals surface area contributed by atoms with E-state index in [-0.39, 0.29) is 12.7 Å². The van der Waals surface area contributed by atoms with Crippen molar-refractivity contribution in [3.63, 3.8) is 0 Å². The first kappa shape index (κ1) is 18.3. The molecule has 1 amide bonds. The zero-order valence-corrected chi connectivity index (χ0v) is 16.7. The number of carbonyl (C=O) groups is 1. The van der Waals surface area contributed by atoms with Crippen molar-refractivity contribution in [1.29, 1.82) is 5.26 Å². The van der Waals surface area contributed by atoms with Gasteiger partial charge in [0.15, 0.2) is 11.5 Å². The Labute approximate surface area is 170 Å². The largest absolute Gasteiger partial charge is 0.454 e. The van der Waals surface area contributed by atoms with E-state index in [0.717, 1.165) is 32.4 Å². The van der Waals surface area contributed by atoms with E-state index in [4.69, 9.17) is 9.47 Å². The zero-order valence-electron chi connectivity index (χ0n) is 15.0. The minimum atomic E-state index is -0.249. The monoisotopic (exact) mass is 408 g/mol. The summed E-state index contributed by atoms with van der Waals surface area (Å²) in [5.74, 6) is 1.23. The van der Waals surface area contributed by atoms with Crippen LogP contribution in [0.25, 0.3) is 6.08 Å². The van der Waals surface area contributed by atoms with E-state index in [1.165, 1.54) is 17.4 Å². The highest BCUT2D eigenvalue weighted by Crippen LogP contribution is 2.37. The molecule has 5 nitrogen and oxygen atoms in total. The van der Waals surface area contributed by atoms with Gasteiger partial charge in [-0.25, -0.2) is 0 Å². The topological polar surface area (TPSA) is 71.3 Å². The number of hydrogen-bond donors (Lipinski definition) is 1. The Kier molecular flexibility index (Phi) is 5.15. The zero-order chi connectivity index (χ0) is 19.5. The molecule has 1 aliphatic heterocycles. The lowest BCUT2D eigenvalue weighted by molar-refractivity contribution is -0.111. The lowest BCUT2D eigenvalue weighted by Crippen LogP contribution is -2.07. The fourth-order valence-corrected chi connectivity index (χ4v) is 4.70. The quantitative estimate of drug-likeness (QED) is 0.606. The van der Waals surface area contributed by atoms with Crippen molar-refractivity contribution in [2.75, 3.05) is 12.1 Å². The molecule has 140 valence electrons. The van der Waals surface area contributed by atoms with Crippen LogP contribution in [0.2, 0.25) is 0 Å². The van der Waals surface area contributed by atoms with E-state index in [0.29, 0.717) is 17.0 Å². The van der Waals surface area contributed by atoms with Crippen molar-refractivity contribution in [3.8, 4) is 17.6 Å². The number of thiophene rings is 2. The SMILES string of the molecule is Cc1c(Cc2ccc3c(c2)OCO3)sc(NC(=O)C=Cc2cccs2)c1C#N. The Balaban J connectivity index is 1.53. The number of rotatable bonds is 5. The molecule has 0 aliphatic carbocycles. The number of carbonyl (C=O) groups excluding carboxylic acids is 1. The predicted molar refractivity (Wildman–Crippen MR) is 111 cm³/mol. The molecule has 0 radical (unpaired) electrons. The van der Waals surface area contributed by atoms with Crippen molar-refractivity contribution in [1.82, 2.24) is 0 Å². The molecule has 1 N–H and O–H groups in total. The lowest BCUT2D eigenvalue weighted by Gasteiger charge is -2.02. The molecule has 0 atom stereocenters. The lowest BCUT2D eigenvalue weighted by atomic mass is 10.1. The fraction of sp³-hybridized carbons (Fsp3) is 0.143. The summed E-state index contributed by atoms with van der Waals surface area (Å²) in [5, 5.41) is 14.9. The molecule has 0 unspecified atom stereocenters. The van der Waals surface area contributed by atoms with Gasteiger partial charge in [0.2, 0.25) is 12.7 Å². The van der Waals surface area contributed by atoms with Crippen molar-refractivity contribution in [3.05, 3.63) is 68.2 Å². The summed E-state index contributed by atoms with van der Waals surface area (Å²) in [4.78, 5) is 14.3. The van der Waals surface area contributed by atoms with Crippen molar-refractivity contribution in [2.45, 2.75) is 13.3 Å². The number of nitrogens with zero attached hydrogens (tertiary/aromatic N) is 1.